The predicted molar refractivity (Wildman–Crippen MR) is 185 cm³/mol. The Hall–Kier alpha value is -3.70. The van der Waals surface area contributed by atoms with Crippen LogP contribution >= 0.6 is 0 Å². The molecule has 2 fully saturated rings. The number of carboxylic acids is 1. The lowest BCUT2D eigenvalue weighted by Gasteiger charge is -2.35. The number of likely N-dealkylation sites (tertiary alicyclic amines) is 1. The standard InChI is InChI=1S/C17H30N2O6.C11H21NO4.C6H11NO3/c1-16(2,3)12(18-15(23)25-17(4,5)6)13(21)19-9-10(20)8-11(19)14(22)24-7;1-10(2,3)7(8(13)14)12-9(15)16-11(4,5)6;1-10-6(9)5-2-4(8)3-7-5/h10-12,20H,8-9H2,1-7H3,(H,18,23);7H,1-6H3,(H,12,15)(H,13,14);4-5,7-8H,2-3H2,1H3/t10-,11+,12-;7-;4-,5+/m111/s1. The number of aliphatic carboxylic acids is 1. The number of ether oxygens (including phenoxy) is 4. The number of esters is 2. The number of rotatable bonds is 6. The molecule has 2 saturated heterocycles. The minimum Gasteiger partial charge on any atom is -0.480 e. The minimum absolute atomic E-state index is 0.0151. The van der Waals surface area contributed by atoms with Gasteiger partial charge in [-0.1, -0.05) is 41.5 Å². The van der Waals surface area contributed by atoms with E-state index >= 15 is 0 Å². The van der Waals surface area contributed by atoms with E-state index in [-0.39, 0.29) is 25.0 Å². The molecule has 2 heterocycles. The van der Waals surface area contributed by atoms with Crippen LogP contribution in [-0.2, 0) is 38.1 Å². The number of hydrogen-bond acceptors (Lipinski definition) is 13. The highest BCUT2D eigenvalue weighted by atomic mass is 16.6. The number of nitrogens with one attached hydrogen (secondary N) is 3. The van der Waals surface area contributed by atoms with Gasteiger partial charge in [0, 0.05) is 25.9 Å². The maximum absolute atomic E-state index is 13.0. The number of hydrogen-bond donors (Lipinski definition) is 6. The summed E-state index contributed by atoms with van der Waals surface area (Å²) in [6.07, 6.45) is -2.06. The molecule has 3 amide bonds. The summed E-state index contributed by atoms with van der Waals surface area (Å²) in [7, 11) is 2.57. The molecule has 0 saturated carbocycles. The molecule has 17 nitrogen and oxygen atoms in total. The highest BCUT2D eigenvalue weighted by Gasteiger charge is 2.45. The van der Waals surface area contributed by atoms with E-state index in [9.17, 15) is 33.9 Å². The van der Waals surface area contributed by atoms with Crippen molar-refractivity contribution < 1.29 is 63.0 Å². The summed E-state index contributed by atoms with van der Waals surface area (Å²) in [5.74, 6) is -2.41. The van der Waals surface area contributed by atoms with Crippen LogP contribution in [0.15, 0.2) is 0 Å². The number of carbonyl (C=O) groups is 6. The number of nitrogens with zero attached hydrogens (tertiary/aromatic N) is 1. The molecule has 0 bridgehead atoms. The Morgan fingerprint density at radius 1 is 0.686 bits per heavy atom. The molecule has 6 N–H and O–H groups in total. The van der Waals surface area contributed by atoms with Crippen LogP contribution < -0.4 is 16.0 Å². The topological polar surface area (TPSA) is 239 Å². The summed E-state index contributed by atoms with van der Waals surface area (Å²) in [5, 5.41) is 35.6. The van der Waals surface area contributed by atoms with Crippen molar-refractivity contribution in [3.05, 3.63) is 0 Å². The molecular weight excluding hydrogens is 672 g/mol. The van der Waals surface area contributed by atoms with Crippen molar-refractivity contribution >= 4 is 36.0 Å². The average Bonchev–Trinajstić information content (AvgIpc) is 3.56. The van der Waals surface area contributed by atoms with E-state index in [0.717, 1.165) is 0 Å². The Kier molecular flexibility index (Phi) is 17.8. The maximum Gasteiger partial charge on any atom is 0.408 e. The van der Waals surface area contributed by atoms with Crippen molar-refractivity contribution in [3.63, 3.8) is 0 Å². The number of aliphatic hydroxyl groups excluding tert-OH is 2. The molecule has 296 valence electrons. The molecule has 0 aromatic heterocycles. The van der Waals surface area contributed by atoms with Crippen LogP contribution in [-0.4, -0.2) is 131 Å². The number of β-amino-alcohol motifs (C(OH)–C–C–N with tert-alkyl or cyclic N) is 2. The zero-order chi connectivity index (χ0) is 40.3. The smallest absolute Gasteiger partial charge is 0.408 e. The summed E-state index contributed by atoms with van der Waals surface area (Å²) in [6.45, 7) is 21.5. The number of alkyl carbamates (subject to hydrolysis) is 2. The van der Waals surface area contributed by atoms with Gasteiger partial charge in [-0.3, -0.25) is 9.59 Å². The zero-order valence-electron chi connectivity index (χ0n) is 32.7. The Morgan fingerprint density at radius 2 is 1.12 bits per heavy atom. The van der Waals surface area contributed by atoms with Crippen LogP contribution in [0.4, 0.5) is 9.59 Å². The molecule has 0 aliphatic carbocycles. The van der Waals surface area contributed by atoms with Gasteiger partial charge in [0.1, 0.15) is 35.4 Å². The Bertz CT molecular complexity index is 1200. The molecule has 6 atom stereocenters. The van der Waals surface area contributed by atoms with Crippen LogP contribution in [0.2, 0.25) is 0 Å². The summed E-state index contributed by atoms with van der Waals surface area (Å²) < 4.78 is 19.4. The summed E-state index contributed by atoms with van der Waals surface area (Å²) in [6, 6.07) is -3.06. The van der Waals surface area contributed by atoms with Crippen molar-refractivity contribution in [1.82, 2.24) is 20.9 Å². The van der Waals surface area contributed by atoms with E-state index < -0.39 is 82.4 Å². The van der Waals surface area contributed by atoms with Gasteiger partial charge in [-0.05, 0) is 52.4 Å². The van der Waals surface area contributed by atoms with Crippen LogP contribution in [0.1, 0.15) is 95.9 Å². The van der Waals surface area contributed by atoms with E-state index in [0.29, 0.717) is 13.0 Å². The normalized spacial score (nSPS) is 21.7. The quantitative estimate of drug-likeness (QED) is 0.169. The molecule has 0 aromatic rings. The molecule has 2 aliphatic heterocycles. The van der Waals surface area contributed by atoms with E-state index in [1.807, 2.05) is 0 Å². The van der Waals surface area contributed by atoms with Gasteiger partial charge in [-0.2, -0.15) is 0 Å². The third-order valence-electron chi connectivity index (χ3n) is 7.18. The number of carbonyl (C=O) groups excluding carboxylic acids is 5. The van der Waals surface area contributed by atoms with E-state index in [2.05, 4.69) is 20.7 Å². The van der Waals surface area contributed by atoms with Crippen LogP contribution in [0.3, 0.4) is 0 Å². The molecular formula is C34H62N4O13. The highest BCUT2D eigenvalue weighted by molar-refractivity contribution is 5.91. The third kappa shape index (κ3) is 17.9. The van der Waals surface area contributed by atoms with Crippen molar-refractivity contribution in [2.75, 3.05) is 27.3 Å². The molecule has 0 unspecified atom stereocenters. The van der Waals surface area contributed by atoms with Crippen molar-refractivity contribution in [1.29, 1.82) is 0 Å². The van der Waals surface area contributed by atoms with Crippen molar-refractivity contribution in [3.8, 4) is 0 Å². The highest BCUT2D eigenvalue weighted by Crippen LogP contribution is 2.27. The average molecular weight is 735 g/mol. The van der Waals surface area contributed by atoms with Gasteiger partial charge in [0.15, 0.2) is 0 Å². The molecule has 0 aromatic carbocycles. The molecule has 2 aliphatic rings. The second kappa shape index (κ2) is 19.2. The first kappa shape index (κ1) is 47.3. The molecule has 2 rings (SSSR count). The first-order chi connectivity index (χ1) is 22.9. The number of aliphatic hydroxyl groups is 2. The van der Waals surface area contributed by atoms with E-state index in [1.165, 1.54) is 19.1 Å². The third-order valence-corrected chi connectivity index (χ3v) is 7.18. The van der Waals surface area contributed by atoms with E-state index in [1.54, 1.807) is 83.1 Å². The molecule has 51 heavy (non-hydrogen) atoms. The number of amides is 3. The SMILES string of the molecule is CC(C)(C)OC(=O)N[C@H](C(=O)O)C(C)(C)C.COC(=O)[C@@H]1C[C@@H](O)CN1.COC(=O)[C@@H]1C[C@@H](O)CN1C(=O)[C@@H](NC(=O)OC(C)(C)C)C(C)(C)C. The minimum atomic E-state index is -1.07. The first-order valence-electron chi connectivity index (χ1n) is 16.7. The van der Waals surface area contributed by atoms with Gasteiger partial charge in [0.05, 0.1) is 26.4 Å². The van der Waals surface area contributed by atoms with Gasteiger partial charge >= 0.3 is 30.1 Å². The fourth-order valence-electron chi connectivity index (χ4n) is 4.77. The van der Waals surface area contributed by atoms with Gasteiger partial charge < -0.3 is 55.1 Å². The second-order valence-electron chi connectivity index (χ2n) is 16.5. The zero-order valence-corrected chi connectivity index (χ0v) is 32.7. The van der Waals surface area contributed by atoms with Gasteiger partial charge in [-0.15, -0.1) is 0 Å². The Morgan fingerprint density at radius 3 is 1.45 bits per heavy atom. The van der Waals surface area contributed by atoms with Crippen molar-refractivity contribution in [2.45, 2.75) is 144 Å². The Balaban J connectivity index is 0.000000817. The van der Waals surface area contributed by atoms with Crippen LogP contribution in [0, 0.1) is 10.8 Å². The second-order valence-corrected chi connectivity index (χ2v) is 16.5. The van der Waals surface area contributed by atoms with Crippen molar-refractivity contribution in [2.24, 2.45) is 10.8 Å². The molecule has 0 radical (unpaired) electrons. The van der Waals surface area contributed by atoms with Gasteiger partial charge in [0.2, 0.25) is 5.91 Å². The summed E-state index contributed by atoms with van der Waals surface area (Å²) in [5.41, 5.74) is -2.52. The van der Waals surface area contributed by atoms with Crippen LogP contribution in [0.5, 0.6) is 0 Å². The molecule has 0 spiro atoms. The lowest BCUT2D eigenvalue weighted by atomic mass is 9.85. The van der Waals surface area contributed by atoms with E-state index in [4.69, 9.17) is 24.4 Å². The molecule has 17 heteroatoms. The summed E-state index contributed by atoms with van der Waals surface area (Å²) >= 11 is 0. The lowest BCUT2D eigenvalue weighted by Crippen LogP contribution is -2.57. The maximum atomic E-state index is 13.0. The van der Waals surface area contributed by atoms with Crippen LogP contribution in [0.25, 0.3) is 0 Å². The van der Waals surface area contributed by atoms with Gasteiger partial charge in [0.25, 0.3) is 0 Å². The largest absolute Gasteiger partial charge is 0.480 e. The fraction of sp³-hybridized carbons (Fsp3) is 0.824. The predicted octanol–water partition coefficient (Wildman–Crippen LogP) is 1.95. The first-order valence-corrected chi connectivity index (χ1v) is 16.7. The lowest BCUT2D eigenvalue weighted by molar-refractivity contribution is -0.152. The number of methoxy groups -OCH3 is 2. The van der Waals surface area contributed by atoms with Gasteiger partial charge in [-0.25, -0.2) is 19.2 Å². The Labute approximate surface area is 301 Å². The summed E-state index contributed by atoms with van der Waals surface area (Å²) in [4.78, 5) is 71.5. The number of carboxylic acid groups (broad SMARTS) is 1. The monoisotopic (exact) mass is 734 g/mol. The fourth-order valence-corrected chi connectivity index (χ4v) is 4.77.